The molecule has 4 aromatic carbocycles. The molecule has 1 N–H and O–H groups in total. The molecule has 1 amide bonds. The van der Waals surface area contributed by atoms with Crippen LogP contribution in [0.15, 0.2) is 94.8 Å². The van der Waals surface area contributed by atoms with E-state index in [0.29, 0.717) is 45.9 Å². The van der Waals surface area contributed by atoms with Gasteiger partial charge in [0.15, 0.2) is 4.34 Å². The Kier molecular flexibility index (Phi) is 8.94. The number of benzene rings is 4. The molecule has 1 fully saturated rings. The molecule has 1 saturated heterocycles. The van der Waals surface area contributed by atoms with Crippen LogP contribution in [-0.2, 0) is 21.8 Å². The lowest BCUT2D eigenvalue weighted by atomic mass is 9.94. The van der Waals surface area contributed by atoms with E-state index in [1.165, 1.54) is 38.9 Å². The highest BCUT2D eigenvalue weighted by atomic mass is 32.2. The Hall–Kier alpha value is -4.67. The highest BCUT2D eigenvalue weighted by Gasteiger charge is 2.48. The van der Waals surface area contributed by atoms with Crippen LogP contribution in [-0.4, -0.2) is 39.7 Å². The third-order valence-electron chi connectivity index (χ3n) is 8.58. The number of rotatable bonds is 10. The molecule has 0 radical (unpaired) electrons. The number of thioether (sulfide) groups is 1. The molecule has 0 unspecified atom stereocenters. The molecule has 7 rings (SSSR count). The number of hydrogen-bond acceptors (Lipinski definition) is 9. The van der Waals surface area contributed by atoms with Crippen molar-refractivity contribution in [2.24, 2.45) is 5.92 Å². The maximum absolute atomic E-state index is 13.8. The largest absolute Gasteiger partial charge is 0.507 e. The first-order chi connectivity index (χ1) is 23.3. The first-order valence-corrected chi connectivity index (χ1v) is 17.8. The molecule has 3 heterocycles. The highest BCUT2D eigenvalue weighted by molar-refractivity contribution is 8.00. The van der Waals surface area contributed by atoms with Gasteiger partial charge in [-0.1, -0.05) is 91.5 Å². The van der Waals surface area contributed by atoms with Gasteiger partial charge in [0.2, 0.25) is 5.13 Å². The minimum atomic E-state index is -0.939. The van der Waals surface area contributed by atoms with Gasteiger partial charge < -0.3 is 14.6 Å². The molecule has 5 aromatic rings. The summed E-state index contributed by atoms with van der Waals surface area (Å²) in [7, 11) is 0. The van der Waals surface area contributed by atoms with Gasteiger partial charge in [0, 0.05) is 17.7 Å². The Morgan fingerprint density at radius 3 is 2.71 bits per heavy atom. The van der Waals surface area contributed by atoms with Gasteiger partial charge in [-0.25, -0.2) is 0 Å². The number of carbonyl (C=O) groups excluding carboxylic acids is 2. The summed E-state index contributed by atoms with van der Waals surface area (Å²) in [6.07, 6.45) is 1.59. The number of nitrogens with zero attached hydrogens (tertiary/aromatic N) is 3. The number of Topliss-reactive ketones (excluding diaryl/α,β-unsaturated/α-hetero) is 1. The summed E-state index contributed by atoms with van der Waals surface area (Å²) in [5.41, 5.74) is 3.17. The number of fused-ring (bicyclic) bond motifs is 2. The summed E-state index contributed by atoms with van der Waals surface area (Å²) in [4.78, 5) is 29.0. The van der Waals surface area contributed by atoms with Gasteiger partial charge in [-0.3, -0.25) is 14.5 Å². The quantitative estimate of drug-likeness (QED) is 0.0518. The van der Waals surface area contributed by atoms with E-state index in [2.05, 4.69) is 48.3 Å². The fraction of sp³-hybridized carbons (Fsp3) is 0.263. The van der Waals surface area contributed by atoms with Crippen molar-refractivity contribution < 1.29 is 24.2 Å². The summed E-state index contributed by atoms with van der Waals surface area (Å²) in [5, 5.41) is 23.2. The van der Waals surface area contributed by atoms with E-state index in [1.54, 1.807) is 12.1 Å². The van der Waals surface area contributed by atoms with E-state index >= 15 is 0 Å². The molecular formula is C38H35N3O5S2. The smallest absolute Gasteiger partial charge is 0.301 e. The summed E-state index contributed by atoms with van der Waals surface area (Å²) < 4.78 is 12.6. The Bertz CT molecular complexity index is 2050. The lowest BCUT2D eigenvalue weighted by Gasteiger charge is -2.23. The molecule has 2 aliphatic rings. The molecule has 0 saturated carbocycles. The number of carbonyl (C=O) groups is 2. The first-order valence-electron chi connectivity index (χ1n) is 16.0. The average molecular weight is 678 g/mol. The third kappa shape index (κ3) is 6.30. The topological polar surface area (TPSA) is 102 Å². The minimum Gasteiger partial charge on any atom is -0.507 e. The number of aliphatic hydroxyl groups excluding tert-OH is 1. The predicted molar refractivity (Wildman–Crippen MR) is 190 cm³/mol. The zero-order valence-corrected chi connectivity index (χ0v) is 28.5. The van der Waals surface area contributed by atoms with Crippen LogP contribution in [0, 0.1) is 5.92 Å². The van der Waals surface area contributed by atoms with Gasteiger partial charge in [-0.05, 0) is 77.1 Å². The van der Waals surface area contributed by atoms with E-state index in [1.807, 2.05) is 55.5 Å². The molecule has 0 spiro atoms. The van der Waals surface area contributed by atoms with E-state index in [0.717, 1.165) is 23.1 Å². The van der Waals surface area contributed by atoms with Gasteiger partial charge in [0.1, 0.15) is 23.4 Å². The molecule has 0 bridgehead atoms. The van der Waals surface area contributed by atoms with Crippen molar-refractivity contribution in [3.8, 4) is 11.5 Å². The Balaban J connectivity index is 1.25. The Morgan fingerprint density at radius 2 is 1.85 bits per heavy atom. The SMILES string of the molecule is CC(C)CCOc1cccc([C@@H]2C(=C(O)c3ccc4c(c3)C[C@H](C)O4)C(=O)C(=O)N2c2nnc(SCc3cccc4ccccc34)s2)c1. The fourth-order valence-electron chi connectivity index (χ4n) is 6.17. The third-order valence-corrected chi connectivity index (χ3v) is 10.7. The lowest BCUT2D eigenvalue weighted by molar-refractivity contribution is -0.132. The van der Waals surface area contributed by atoms with Crippen molar-refractivity contribution in [2.45, 2.75) is 55.9 Å². The fourth-order valence-corrected chi connectivity index (χ4v) is 8.04. The van der Waals surface area contributed by atoms with Crippen LogP contribution in [0.5, 0.6) is 11.5 Å². The number of aromatic nitrogens is 2. The summed E-state index contributed by atoms with van der Waals surface area (Å²) in [6.45, 7) is 6.79. The van der Waals surface area contributed by atoms with E-state index in [-0.39, 0.29) is 22.6 Å². The normalized spacial score (nSPS) is 18.5. The van der Waals surface area contributed by atoms with Crippen molar-refractivity contribution >= 4 is 56.5 Å². The summed E-state index contributed by atoms with van der Waals surface area (Å²) in [6, 6.07) is 26.2. The number of ether oxygens (including phenoxy) is 2. The summed E-state index contributed by atoms with van der Waals surface area (Å²) >= 11 is 2.77. The van der Waals surface area contributed by atoms with Gasteiger partial charge in [-0.2, -0.15) is 0 Å². The van der Waals surface area contributed by atoms with Crippen molar-refractivity contribution in [1.29, 1.82) is 0 Å². The van der Waals surface area contributed by atoms with Crippen LogP contribution in [0.3, 0.4) is 0 Å². The summed E-state index contributed by atoms with van der Waals surface area (Å²) in [5.74, 6) is 0.710. The first kappa shape index (κ1) is 31.9. The van der Waals surface area contributed by atoms with Crippen molar-refractivity contribution in [2.75, 3.05) is 11.5 Å². The molecule has 48 heavy (non-hydrogen) atoms. The van der Waals surface area contributed by atoms with Crippen molar-refractivity contribution in [3.63, 3.8) is 0 Å². The van der Waals surface area contributed by atoms with Crippen LogP contribution in [0.1, 0.15) is 55.5 Å². The van der Waals surface area contributed by atoms with Gasteiger partial charge in [0.25, 0.3) is 5.78 Å². The number of aliphatic hydroxyl groups is 1. The van der Waals surface area contributed by atoms with E-state index < -0.39 is 17.7 Å². The number of hydrogen-bond donors (Lipinski definition) is 1. The second-order valence-corrected chi connectivity index (χ2v) is 14.7. The molecule has 2 aliphatic heterocycles. The Labute approximate surface area is 287 Å². The molecule has 10 heteroatoms. The van der Waals surface area contributed by atoms with Crippen LogP contribution in [0.2, 0.25) is 0 Å². The van der Waals surface area contributed by atoms with Crippen molar-refractivity contribution in [3.05, 3.63) is 113 Å². The predicted octanol–water partition coefficient (Wildman–Crippen LogP) is 8.36. The number of ketones is 1. The zero-order valence-electron chi connectivity index (χ0n) is 26.9. The van der Waals surface area contributed by atoms with Crippen molar-refractivity contribution in [1.82, 2.24) is 10.2 Å². The number of anilines is 1. The molecule has 8 nitrogen and oxygen atoms in total. The lowest BCUT2D eigenvalue weighted by Crippen LogP contribution is -2.29. The monoisotopic (exact) mass is 677 g/mol. The standard InChI is InChI=1S/C38H35N3O5S2/c1-22(2)16-17-45-29-12-7-10-25(20-29)33-32(34(42)26-14-15-31-28(19-26)18-23(3)46-31)35(43)36(44)41(33)37-39-40-38(48-37)47-21-27-11-6-9-24-8-4-5-13-30(24)27/h4-15,19-20,22-23,33,42H,16-18,21H2,1-3H3/t23-,33+/m0/s1. The average Bonchev–Trinajstić information content (AvgIpc) is 3.78. The van der Waals surface area contributed by atoms with E-state index in [4.69, 9.17) is 9.47 Å². The Morgan fingerprint density at radius 1 is 1.04 bits per heavy atom. The highest BCUT2D eigenvalue weighted by Crippen LogP contribution is 2.45. The van der Waals surface area contributed by atoms with Crippen LogP contribution >= 0.6 is 23.1 Å². The second kappa shape index (κ2) is 13.4. The number of amides is 1. The molecule has 1 aromatic heterocycles. The van der Waals surface area contributed by atoms with E-state index in [9.17, 15) is 14.7 Å². The zero-order chi connectivity index (χ0) is 33.4. The van der Waals surface area contributed by atoms with Crippen LogP contribution in [0.4, 0.5) is 5.13 Å². The van der Waals surface area contributed by atoms with Crippen LogP contribution < -0.4 is 14.4 Å². The van der Waals surface area contributed by atoms with Gasteiger partial charge in [-0.15, -0.1) is 10.2 Å². The molecule has 2 atom stereocenters. The molecular weight excluding hydrogens is 643 g/mol. The maximum Gasteiger partial charge on any atom is 0.301 e. The molecule has 244 valence electrons. The van der Waals surface area contributed by atoms with Gasteiger partial charge >= 0.3 is 5.91 Å². The minimum absolute atomic E-state index is 0.00796. The van der Waals surface area contributed by atoms with Gasteiger partial charge in [0.05, 0.1) is 18.2 Å². The molecule has 0 aliphatic carbocycles. The second-order valence-electron chi connectivity index (χ2n) is 12.5. The maximum atomic E-state index is 13.8. The van der Waals surface area contributed by atoms with Crippen LogP contribution in [0.25, 0.3) is 16.5 Å².